The summed E-state index contributed by atoms with van der Waals surface area (Å²) in [4.78, 5) is 22.3. The summed E-state index contributed by atoms with van der Waals surface area (Å²) in [6, 6.07) is 3.79. The second kappa shape index (κ2) is 7.51. The number of ketones is 1. The number of rotatable bonds is 8. The van der Waals surface area contributed by atoms with Crippen molar-refractivity contribution in [3.63, 3.8) is 0 Å². The first-order chi connectivity index (χ1) is 9.04. The van der Waals surface area contributed by atoms with Crippen molar-refractivity contribution in [2.24, 2.45) is 0 Å². The number of benzene rings is 1. The number of aliphatic carboxylic acids is 1. The Morgan fingerprint density at radius 1 is 1.32 bits per heavy atom. The molecule has 0 saturated heterocycles. The van der Waals surface area contributed by atoms with Crippen molar-refractivity contribution in [3.8, 4) is 5.75 Å². The van der Waals surface area contributed by atoms with Gasteiger partial charge in [0.05, 0.1) is 12.2 Å². The van der Waals surface area contributed by atoms with Gasteiger partial charge in [-0.3, -0.25) is 9.59 Å². The maximum atomic E-state index is 13.2. The number of carbonyl (C=O) groups excluding carboxylic acids is 1. The second-order valence-electron chi connectivity index (χ2n) is 4.16. The van der Waals surface area contributed by atoms with Crippen molar-refractivity contribution in [2.75, 3.05) is 6.61 Å². The van der Waals surface area contributed by atoms with Crippen LogP contribution in [0.1, 0.15) is 43.0 Å². The first kappa shape index (κ1) is 15.1. The Hall–Kier alpha value is -1.91. The van der Waals surface area contributed by atoms with E-state index >= 15 is 0 Å². The van der Waals surface area contributed by atoms with E-state index in [0.29, 0.717) is 12.4 Å². The molecule has 5 heteroatoms. The van der Waals surface area contributed by atoms with Gasteiger partial charge >= 0.3 is 5.97 Å². The third-order valence-electron chi connectivity index (χ3n) is 2.50. The lowest BCUT2D eigenvalue weighted by atomic mass is 10.0. The van der Waals surface area contributed by atoms with Crippen molar-refractivity contribution >= 4 is 11.8 Å². The number of halogens is 1. The Bertz CT molecular complexity index is 457. The van der Waals surface area contributed by atoms with Crippen LogP contribution in [0.25, 0.3) is 0 Å². The standard InChI is InChI=1S/C14H17FO4/c1-2-8-19-13-7-6-10(15)9-11(13)12(16)4-3-5-14(17)18/h6-7,9H,2-5,8H2,1H3,(H,17,18). The molecule has 0 aliphatic rings. The lowest BCUT2D eigenvalue weighted by Crippen LogP contribution is -2.06. The van der Waals surface area contributed by atoms with E-state index < -0.39 is 11.8 Å². The summed E-state index contributed by atoms with van der Waals surface area (Å²) in [5.41, 5.74) is 0.179. The molecule has 104 valence electrons. The molecule has 1 rings (SSSR count). The predicted octanol–water partition coefficient (Wildman–Crippen LogP) is 3.05. The molecule has 1 aromatic rings. The van der Waals surface area contributed by atoms with Crippen molar-refractivity contribution in [1.29, 1.82) is 0 Å². The van der Waals surface area contributed by atoms with E-state index in [1.54, 1.807) is 0 Å². The highest BCUT2D eigenvalue weighted by Crippen LogP contribution is 2.22. The average molecular weight is 268 g/mol. The topological polar surface area (TPSA) is 63.6 Å². The molecule has 0 aliphatic heterocycles. The van der Waals surface area contributed by atoms with Crippen LogP contribution in [-0.2, 0) is 4.79 Å². The Balaban J connectivity index is 2.75. The molecule has 0 heterocycles. The molecular weight excluding hydrogens is 251 g/mol. The molecule has 0 radical (unpaired) electrons. The molecule has 0 bridgehead atoms. The summed E-state index contributed by atoms with van der Waals surface area (Å²) in [5, 5.41) is 8.52. The van der Waals surface area contributed by atoms with Gasteiger partial charge < -0.3 is 9.84 Å². The van der Waals surface area contributed by atoms with Gasteiger partial charge in [-0.05, 0) is 31.0 Å². The molecule has 0 saturated carbocycles. The third-order valence-corrected chi connectivity index (χ3v) is 2.50. The molecule has 19 heavy (non-hydrogen) atoms. The fourth-order valence-electron chi connectivity index (χ4n) is 1.59. The number of hydrogen-bond donors (Lipinski definition) is 1. The zero-order valence-electron chi connectivity index (χ0n) is 10.8. The highest BCUT2D eigenvalue weighted by molar-refractivity contribution is 5.98. The smallest absolute Gasteiger partial charge is 0.303 e. The van der Waals surface area contributed by atoms with Gasteiger partial charge in [0.25, 0.3) is 0 Å². The van der Waals surface area contributed by atoms with Gasteiger partial charge in [-0.15, -0.1) is 0 Å². The zero-order valence-corrected chi connectivity index (χ0v) is 10.8. The van der Waals surface area contributed by atoms with Crippen LogP contribution < -0.4 is 4.74 Å². The molecule has 0 unspecified atom stereocenters. The van der Waals surface area contributed by atoms with E-state index in [4.69, 9.17) is 9.84 Å². The summed E-state index contributed by atoms with van der Waals surface area (Å²) >= 11 is 0. The van der Waals surface area contributed by atoms with Gasteiger partial charge in [0.2, 0.25) is 0 Å². The van der Waals surface area contributed by atoms with Gasteiger partial charge in [-0.1, -0.05) is 6.92 Å². The van der Waals surface area contributed by atoms with E-state index in [9.17, 15) is 14.0 Å². The van der Waals surface area contributed by atoms with Crippen LogP contribution in [0.5, 0.6) is 5.75 Å². The van der Waals surface area contributed by atoms with Gasteiger partial charge in [0.1, 0.15) is 11.6 Å². The monoisotopic (exact) mass is 268 g/mol. The first-order valence-corrected chi connectivity index (χ1v) is 6.22. The number of carboxylic acid groups (broad SMARTS) is 1. The van der Waals surface area contributed by atoms with Gasteiger partial charge in [-0.2, -0.15) is 0 Å². The zero-order chi connectivity index (χ0) is 14.3. The van der Waals surface area contributed by atoms with Gasteiger partial charge in [-0.25, -0.2) is 4.39 Å². The van der Waals surface area contributed by atoms with Crippen molar-refractivity contribution in [1.82, 2.24) is 0 Å². The summed E-state index contributed by atoms with van der Waals surface area (Å²) in [6.45, 7) is 2.37. The van der Waals surface area contributed by atoms with E-state index in [2.05, 4.69) is 0 Å². The molecule has 0 amide bonds. The maximum Gasteiger partial charge on any atom is 0.303 e. The van der Waals surface area contributed by atoms with E-state index in [1.165, 1.54) is 12.1 Å². The van der Waals surface area contributed by atoms with Gasteiger partial charge in [0, 0.05) is 12.8 Å². The van der Waals surface area contributed by atoms with Crippen LogP contribution in [0, 0.1) is 5.82 Å². The Morgan fingerprint density at radius 3 is 2.68 bits per heavy atom. The highest BCUT2D eigenvalue weighted by atomic mass is 19.1. The molecule has 0 fully saturated rings. The normalized spacial score (nSPS) is 10.2. The highest BCUT2D eigenvalue weighted by Gasteiger charge is 2.14. The maximum absolute atomic E-state index is 13.2. The van der Waals surface area contributed by atoms with Crippen LogP contribution in [0.3, 0.4) is 0 Å². The molecule has 0 aromatic heterocycles. The van der Waals surface area contributed by atoms with E-state index in [0.717, 1.165) is 12.5 Å². The van der Waals surface area contributed by atoms with Crippen LogP contribution in [0.15, 0.2) is 18.2 Å². The summed E-state index contributed by atoms with van der Waals surface area (Å²) in [7, 11) is 0. The molecule has 0 aliphatic carbocycles. The fourth-order valence-corrected chi connectivity index (χ4v) is 1.59. The molecule has 0 atom stereocenters. The van der Waals surface area contributed by atoms with Crippen LogP contribution in [-0.4, -0.2) is 23.5 Å². The van der Waals surface area contributed by atoms with Crippen molar-refractivity contribution in [3.05, 3.63) is 29.6 Å². The predicted molar refractivity (Wildman–Crippen MR) is 68.0 cm³/mol. The Kier molecular flexibility index (Phi) is 5.99. The van der Waals surface area contributed by atoms with E-state index in [-0.39, 0.29) is 30.6 Å². The number of carboxylic acids is 1. The number of Topliss-reactive ketones (excluding diaryl/α,β-unsaturated/α-hetero) is 1. The summed E-state index contributed by atoms with van der Waals surface area (Å²) in [5.74, 6) is -1.41. The molecule has 0 spiro atoms. The Labute approximate surface area is 111 Å². The van der Waals surface area contributed by atoms with Crippen molar-refractivity contribution in [2.45, 2.75) is 32.6 Å². The number of hydrogen-bond acceptors (Lipinski definition) is 3. The van der Waals surface area contributed by atoms with Crippen LogP contribution >= 0.6 is 0 Å². The molecule has 1 N–H and O–H groups in total. The molecule has 1 aromatic carbocycles. The van der Waals surface area contributed by atoms with Crippen LogP contribution in [0.2, 0.25) is 0 Å². The summed E-state index contributed by atoms with van der Waals surface area (Å²) in [6.07, 6.45) is 1.01. The second-order valence-corrected chi connectivity index (χ2v) is 4.16. The Morgan fingerprint density at radius 2 is 2.05 bits per heavy atom. The lowest BCUT2D eigenvalue weighted by molar-refractivity contribution is -0.137. The fraction of sp³-hybridized carbons (Fsp3) is 0.429. The minimum absolute atomic E-state index is 0.0677. The number of ether oxygens (including phenoxy) is 1. The minimum atomic E-state index is -0.950. The summed E-state index contributed by atoms with van der Waals surface area (Å²) < 4.78 is 18.6. The average Bonchev–Trinajstić information content (AvgIpc) is 2.36. The quantitative estimate of drug-likeness (QED) is 0.736. The SMILES string of the molecule is CCCOc1ccc(F)cc1C(=O)CCCC(=O)O. The third kappa shape index (κ3) is 5.07. The van der Waals surface area contributed by atoms with E-state index in [1.807, 2.05) is 6.92 Å². The molecular formula is C14H17FO4. The van der Waals surface area contributed by atoms with Crippen LogP contribution in [0.4, 0.5) is 4.39 Å². The molecule has 4 nitrogen and oxygen atoms in total. The minimum Gasteiger partial charge on any atom is -0.493 e. The lowest BCUT2D eigenvalue weighted by Gasteiger charge is -2.10. The van der Waals surface area contributed by atoms with Crippen molar-refractivity contribution < 1.29 is 23.8 Å². The largest absolute Gasteiger partial charge is 0.493 e. The first-order valence-electron chi connectivity index (χ1n) is 6.22. The number of carbonyl (C=O) groups is 2. The van der Waals surface area contributed by atoms with Gasteiger partial charge in [0.15, 0.2) is 5.78 Å².